The van der Waals surface area contributed by atoms with Crippen LogP contribution in [0.1, 0.15) is 18.1 Å². The number of amides is 1. The van der Waals surface area contributed by atoms with Crippen molar-refractivity contribution >= 4 is 56.8 Å². The maximum absolute atomic E-state index is 10.9. The number of nitrogens with one attached hydrogen (secondary N) is 2. The van der Waals surface area contributed by atoms with E-state index in [0.29, 0.717) is 5.56 Å². The second-order valence-corrected chi connectivity index (χ2v) is 6.42. The van der Waals surface area contributed by atoms with E-state index in [1.54, 1.807) is 36.5 Å². The molecule has 124 valence electrons. The lowest BCUT2D eigenvalue weighted by Crippen LogP contribution is -2.32. The Morgan fingerprint density at radius 1 is 1.29 bits per heavy atom. The molecule has 0 aliphatic heterocycles. The number of rotatable bonds is 3. The Balaban J connectivity index is 2.09. The van der Waals surface area contributed by atoms with Crippen molar-refractivity contribution in [3.8, 4) is 5.75 Å². The van der Waals surface area contributed by atoms with E-state index in [0.717, 1.165) is 21.4 Å². The van der Waals surface area contributed by atoms with Gasteiger partial charge in [-0.1, -0.05) is 15.9 Å². The summed E-state index contributed by atoms with van der Waals surface area (Å²) in [4.78, 5) is 15.3. The molecule has 0 bridgehead atoms. The van der Waals surface area contributed by atoms with Crippen LogP contribution in [0.4, 0.5) is 11.4 Å². The fraction of sp³-hybridized carbons (Fsp3) is 0.118. The van der Waals surface area contributed by atoms with Crippen molar-refractivity contribution in [2.24, 2.45) is 4.99 Å². The van der Waals surface area contributed by atoms with Crippen LogP contribution < -0.4 is 10.6 Å². The Morgan fingerprint density at radius 2 is 1.96 bits per heavy atom. The number of phenols is 1. The molecule has 0 spiro atoms. The molecule has 0 aliphatic carbocycles. The summed E-state index contributed by atoms with van der Waals surface area (Å²) in [6, 6.07) is 10.8. The molecule has 0 saturated carbocycles. The third-order valence-corrected chi connectivity index (χ3v) is 3.72. The SMILES string of the molecule is CC(=O)NC(=S)Nc1ccc(N=Cc2cc(Br)cc(C)c2O)cc1. The van der Waals surface area contributed by atoms with Crippen LogP contribution >= 0.6 is 28.1 Å². The van der Waals surface area contributed by atoms with Crippen molar-refractivity contribution in [3.63, 3.8) is 0 Å². The molecule has 0 aromatic heterocycles. The van der Waals surface area contributed by atoms with E-state index >= 15 is 0 Å². The van der Waals surface area contributed by atoms with Gasteiger partial charge in [0.05, 0.1) is 5.69 Å². The van der Waals surface area contributed by atoms with Gasteiger partial charge in [-0.25, -0.2) is 0 Å². The second-order valence-electron chi connectivity index (χ2n) is 5.10. The summed E-state index contributed by atoms with van der Waals surface area (Å²) in [7, 11) is 0. The van der Waals surface area contributed by atoms with Gasteiger partial charge in [0.25, 0.3) is 0 Å². The second kappa shape index (κ2) is 8.03. The number of aliphatic imine (C=N–C) groups is 1. The Kier molecular flexibility index (Phi) is 6.05. The fourth-order valence-corrected chi connectivity index (χ4v) is 2.81. The number of hydrogen-bond donors (Lipinski definition) is 3. The maximum atomic E-state index is 10.9. The minimum atomic E-state index is -0.224. The molecule has 3 N–H and O–H groups in total. The van der Waals surface area contributed by atoms with Crippen LogP contribution in [0, 0.1) is 6.92 Å². The number of phenolic OH excluding ortho intramolecular Hbond substituents is 1. The van der Waals surface area contributed by atoms with E-state index in [4.69, 9.17) is 12.2 Å². The highest BCUT2D eigenvalue weighted by molar-refractivity contribution is 9.10. The third-order valence-electron chi connectivity index (χ3n) is 3.06. The van der Waals surface area contributed by atoms with Crippen molar-refractivity contribution in [2.45, 2.75) is 13.8 Å². The maximum Gasteiger partial charge on any atom is 0.222 e. The van der Waals surface area contributed by atoms with Crippen LogP contribution in [0.2, 0.25) is 0 Å². The third kappa shape index (κ3) is 5.14. The van der Waals surface area contributed by atoms with Gasteiger partial charge in [0.15, 0.2) is 5.11 Å². The van der Waals surface area contributed by atoms with Crippen LogP contribution in [-0.4, -0.2) is 22.3 Å². The van der Waals surface area contributed by atoms with E-state index in [2.05, 4.69) is 31.6 Å². The first-order chi connectivity index (χ1) is 11.3. The Morgan fingerprint density at radius 3 is 2.58 bits per heavy atom. The summed E-state index contributed by atoms with van der Waals surface area (Å²) in [5.74, 6) is -0.0151. The monoisotopic (exact) mass is 405 g/mol. The van der Waals surface area contributed by atoms with Gasteiger partial charge in [0.2, 0.25) is 5.91 Å². The van der Waals surface area contributed by atoms with Crippen LogP contribution in [-0.2, 0) is 4.79 Å². The van der Waals surface area contributed by atoms with Gasteiger partial charge in [-0.2, -0.15) is 0 Å². The van der Waals surface area contributed by atoms with Crippen molar-refractivity contribution in [1.82, 2.24) is 5.32 Å². The van der Waals surface area contributed by atoms with Gasteiger partial charge in [0.1, 0.15) is 5.75 Å². The number of aromatic hydroxyl groups is 1. The van der Waals surface area contributed by atoms with Crippen molar-refractivity contribution < 1.29 is 9.90 Å². The summed E-state index contributed by atoms with van der Waals surface area (Å²) in [6.07, 6.45) is 1.61. The van der Waals surface area contributed by atoms with Crippen LogP contribution in [0.3, 0.4) is 0 Å². The molecule has 0 radical (unpaired) electrons. The highest BCUT2D eigenvalue weighted by Crippen LogP contribution is 2.26. The largest absolute Gasteiger partial charge is 0.507 e. The first-order valence-corrected chi connectivity index (χ1v) is 8.27. The van der Waals surface area contributed by atoms with Crippen LogP contribution in [0.25, 0.3) is 0 Å². The van der Waals surface area contributed by atoms with E-state index in [1.165, 1.54) is 6.92 Å². The van der Waals surface area contributed by atoms with Crippen molar-refractivity contribution in [1.29, 1.82) is 0 Å². The van der Waals surface area contributed by atoms with Crippen LogP contribution in [0.5, 0.6) is 5.75 Å². The highest BCUT2D eigenvalue weighted by Gasteiger charge is 2.04. The predicted octanol–water partition coefficient (Wildman–Crippen LogP) is 4.05. The van der Waals surface area contributed by atoms with E-state index in [-0.39, 0.29) is 16.8 Å². The summed E-state index contributed by atoms with van der Waals surface area (Å²) in [6.45, 7) is 3.22. The lowest BCUT2D eigenvalue weighted by molar-refractivity contribution is -0.117. The first kappa shape index (κ1) is 18.1. The average molecular weight is 406 g/mol. The Bertz CT molecular complexity index is 804. The zero-order valence-electron chi connectivity index (χ0n) is 13.1. The minimum Gasteiger partial charge on any atom is -0.507 e. The molecule has 24 heavy (non-hydrogen) atoms. The number of nitrogens with zero attached hydrogens (tertiary/aromatic N) is 1. The molecule has 2 aromatic rings. The van der Waals surface area contributed by atoms with Crippen molar-refractivity contribution in [2.75, 3.05) is 5.32 Å². The Labute approximate surface area is 153 Å². The van der Waals surface area contributed by atoms with Gasteiger partial charge >= 0.3 is 0 Å². The smallest absolute Gasteiger partial charge is 0.222 e. The minimum absolute atomic E-state index is 0.209. The molecule has 1 amide bonds. The number of carbonyl (C=O) groups excluding carboxylic acids is 1. The fourth-order valence-electron chi connectivity index (χ4n) is 1.96. The first-order valence-electron chi connectivity index (χ1n) is 7.07. The van der Waals surface area contributed by atoms with Gasteiger partial charge in [-0.3, -0.25) is 9.79 Å². The molecule has 0 saturated heterocycles. The number of halogens is 1. The molecule has 2 rings (SSSR count). The number of thiocarbonyl (C=S) groups is 1. The number of benzene rings is 2. The molecular weight excluding hydrogens is 390 g/mol. The Hall–Kier alpha value is -2.25. The molecule has 0 atom stereocenters. The molecule has 0 unspecified atom stereocenters. The predicted molar refractivity (Wildman–Crippen MR) is 104 cm³/mol. The summed E-state index contributed by atoms with van der Waals surface area (Å²) in [5.41, 5.74) is 2.88. The standard InChI is InChI=1S/C17H16BrN3O2S/c1-10-7-13(18)8-12(16(10)23)9-19-14-3-5-15(6-4-14)21-17(24)20-11(2)22/h3-9,23H,1-2H3,(H2,20,21,22,24). The lowest BCUT2D eigenvalue weighted by atomic mass is 10.1. The van der Waals surface area contributed by atoms with Gasteiger partial charge < -0.3 is 15.7 Å². The zero-order chi connectivity index (χ0) is 17.7. The molecule has 7 heteroatoms. The molecule has 0 fully saturated rings. The summed E-state index contributed by atoms with van der Waals surface area (Å²) < 4.78 is 0.880. The van der Waals surface area contributed by atoms with Crippen molar-refractivity contribution in [3.05, 3.63) is 52.0 Å². The normalized spacial score (nSPS) is 10.6. The average Bonchev–Trinajstić information content (AvgIpc) is 2.50. The lowest BCUT2D eigenvalue weighted by Gasteiger charge is -2.08. The number of hydrogen-bond acceptors (Lipinski definition) is 4. The number of carbonyl (C=O) groups is 1. The molecule has 0 heterocycles. The van der Waals surface area contributed by atoms with E-state index in [9.17, 15) is 9.90 Å². The summed E-state index contributed by atoms with van der Waals surface area (Å²) >= 11 is 8.39. The topological polar surface area (TPSA) is 73.7 Å². The quantitative estimate of drug-likeness (QED) is 0.531. The number of anilines is 1. The van der Waals surface area contributed by atoms with Gasteiger partial charge in [-0.05, 0) is 61.1 Å². The highest BCUT2D eigenvalue weighted by atomic mass is 79.9. The number of aryl methyl sites for hydroxylation is 1. The summed E-state index contributed by atoms with van der Waals surface area (Å²) in [5, 5.41) is 15.7. The zero-order valence-corrected chi connectivity index (χ0v) is 15.5. The van der Waals surface area contributed by atoms with Gasteiger partial charge in [-0.15, -0.1) is 0 Å². The molecule has 2 aromatic carbocycles. The van der Waals surface area contributed by atoms with E-state index < -0.39 is 0 Å². The van der Waals surface area contributed by atoms with E-state index in [1.807, 2.05) is 13.0 Å². The molecule has 5 nitrogen and oxygen atoms in total. The molecule has 0 aliphatic rings. The molecular formula is C17H16BrN3O2S. The van der Waals surface area contributed by atoms with Gasteiger partial charge in [0, 0.05) is 28.9 Å². The van der Waals surface area contributed by atoms with Crippen LogP contribution in [0.15, 0.2) is 45.9 Å².